The molecule has 0 bridgehead atoms. The summed E-state index contributed by atoms with van der Waals surface area (Å²) in [6.45, 7) is 0.734. The maximum Gasteiger partial charge on any atom is 0.134 e. The van der Waals surface area contributed by atoms with Crippen molar-refractivity contribution < 1.29 is 0 Å². The second-order valence-electron chi connectivity index (χ2n) is 6.06. The molecule has 26 heavy (non-hydrogen) atoms. The Hall–Kier alpha value is -2.55. The Bertz CT molecular complexity index is 1060. The third-order valence-corrected chi connectivity index (χ3v) is 4.74. The van der Waals surface area contributed by atoms with Crippen molar-refractivity contribution in [1.82, 2.24) is 9.55 Å². The van der Waals surface area contributed by atoms with E-state index in [2.05, 4.69) is 16.7 Å². The van der Waals surface area contributed by atoms with E-state index in [0.29, 0.717) is 0 Å². The zero-order valence-corrected chi connectivity index (χ0v) is 15.5. The van der Waals surface area contributed by atoms with E-state index in [0.717, 1.165) is 39.0 Å². The molecule has 0 aliphatic heterocycles. The summed E-state index contributed by atoms with van der Waals surface area (Å²) in [6, 6.07) is 23.9. The van der Waals surface area contributed by atoms with Crippen LogP contribution >= 0.6 is 23.2 Å². The minimum atomic E-state index is 0.733. The average Bonchev–Trinajstić information content (AvgIpc) is 3.01. The summed E-state index contributed by atoms with van der Waals surface area (Å²) in [7, 11) is 0. The van der Waals surface area contributed by atoms with Crippen LogP contribution in [0.1, 0.15) is 17.0 Å². The molecule has 1 heterocycles. The number of benzene rings is 3. The topological polar surface area (TPSA) is 17.8 Å². The van der Waals surface area contributed by atoms with E-state index >= 15 is 0 Å². The molecule has 0 fully saturated rings. The maximum atomic E-state index is 6.01. The molecule has 0 saturated carbocycles. The third kappa shape index (κ3) is 3.67. The van der Waals surface area contributed by atoms with Crippen molar-refractivity contribution in [1.29, 1.82) is 0 Å². The Morgan fingerprint density at radius 1 is 0.769 bits per heavy atom. The van der Waals surface area contributed by atoms with E-state index in [1.807, 2.05) is 72.8 Å². The summed E-state index contributed by atoms with van der Waals surface area (Å²) >= 11 is 12.0. The molecule has 0 spiro atoms. The quantitative estimate of drug-likeness (QED) is 0.393. The fraction of sp³-hybridized carbons (Fsp3) is 0.0455. The molecular weight excluding hydrogens is 363 g/mol. The lowest BCUT2D eigenvalue weighted by Gasteiger charge is -2.08. The number of nitrogens with zero attached hydrogens (tertiary/aromatic N) is 2. The van der Waals surface area contributed by atoms with Gasteiger partial charge in [0.25, 0.3) is 0 Å². The molecule has 128 valence electrons. The predicted molar refractivity (Wildman–Crippen MR) is 111 cm³/mol. The summed E-state index contributed by atoms with van der Waals surface area (Å²) in [5.74, 6) is 0.913. The van der Waals surface area contributed by atoms with Crippen LogP contribution in [0.3, 0.4) is 0 Å². The lowest BCUT2D eigenvalue weighted by atomic mass is 10.2. The number of aromatic nitrogens is 2. The van der Waals surface area contributed by atoms with Crippen molar-refractivity contribution >= 4 is 46.4 Å². The number of hydrogen-bond acceptors (Lipinski definition) is 1. The van der Waals surface area contributed by atoms with Gasteiger partial charge in [0, 0.05) is 16.6 Å². The first-order valence-electron chi connectivity index (χ1n) is 8.32. The van der Waals surface area contributed by atoms with Crippen molar-refractivity contribution in [3.05, 3.63) is 99.8 Å². The molecule has 2 nitrogen and oxygen atoms in total. The molecule has 0 saturated heterocycles. The van der Waals surface area contributed by atoms with Crippen LogP contribution in [0.2, 0.25) is 10.0 Å². The van der Waals surface area contributed by atoms with Gasteiger partial charge < -0.3 is 4.57 Å². The lowest BCUT2D eigenvalue weighted by Crippen LogP contribution is -2.02. The summed E-state index contributed by atoms with van der Waals surface area (Å²) in [5.41, 5.74) is 4.36. The Morgan fingerprint density at radius 2 is 1.42 bits per heavy atom. The predicted octanol–water partition coefficient (Wildman–Crippen LogP) is 6.56. The Kier molecular flexibility index (Phi) is 4.79. The van der Waals surface area contributed by atoms with Crippen molar-refractivity contribution in [3.8, 4) is 0 Å². The molecule has 1 aromatic heterocycles. The van der Waals surface area contributed by atoms with Gasteiger partial charge in [0.2, 0.25) is 0 Å². The van der Waals surface area contributed by atoms with Gasteiger partial charge in [-0.05, 0) is 53.6 Å². The van der Waals surface area contributed by atoms with Crippen LogP contribution in [0, 0.1) is 0 Å². The summed E-state index contributed by atoms with van der Waals surface area (Å²) < 4.78 is 2.21. The summed E-state index contributed by atoms with van der Waals surface area (Å²) in [6.07, 6.45) is 4.09. The highest BCUT2D eigenvalue weighted by Gasteiger charge is 2.08. The van der Waals surface area contributed by atoms with Crippen LogP contribution in [-0.2, 0) is 6.54 Å². The van der Waals surface area contributed by atoms with Crippen LogP contribution < -0.4 is 0 Å². The monoisotopic (exact) mass is 378 g/mol. The highest BCUT2D eigenvalue weighted by Crippen LogP contribution is 2.21. The van der Waals surface area contributed by atoms with Gasteiger partial charge in [0.1, 0.15) is 5.82 Å². The number of hydrogen-bond donors (Lipinski definition) is 0. The van der Waals surface area contributed by atoms with Gasteiger partial charge in [-0.2, -0.15) is 0 Å². The number of rotatable bonds is 4. The Labute approximate surface area is 162 Å². The van der Waals surface area contributed by atoms with Gasteiger partial charge >= 0.3 is 0 Å². The molecular formula is C22H16Cl2N2. The van der Waals surface area contributed by atoms with E-state index in [1.54, 1.807) is 0 Å². The highest BCUT2D eigenvalue weighted by atomic mass is 35.5. The van der Waals surface area contributed by atoms with Gasteiger partial charge in [-0.3, -0.25) is 0 Å². The van der Waals surface area contributed by atoms with E-state index in [1.165, 1.54) is 5.56 Å². The van der Waals surface area contributed by atoms with Gasteiger partial charge in [-0.1, -0.05) is 65.7 Å². The second kappa shape index (κ2) is 7.36. The van der Waals surface area contributed by atoms with Crippen molar-refractivity contribution in [2.45, 2.75) is 6.54 Å². The third-order valence-electron chi connectivity index (χ3n) is 4.23. The van der Waals surface area contributed by atoms with Crippen LogP contribution in [0.5, 0.6) is 0 Å². The first kappa shape index (κ1) is 16.9. The average molecular weight is 379 g/mol. The van der Waals surface area contributed by atoms with Crippen molar-refractivity contribution in [2.75, 3.05) is 0 Å². The number of fused-ring (bicyclic) bond motifs is 1. The summed E-state index contributed by atoms with van der Waals surface area (Å²) in [5, 5.41) is 1.48. The van der Waals surface area contributed by atoms with Crippen LogP contribution in [0.15, 0.2) is 72.8 Å². The minimum absolute atomic E-state index is 0.733. The molecule has 3 aromatic carbocycles. The largest absolute Gasteiger partial charge is 0.320 e. The standard InChI is InChI=1S/C22H16Cl2N2/c23-18-10-5-16(6-11-18)9-14-22-25-20-3-1-2-4-21(20)26(22)15-17-7-12-19(24)13-8-17/h1-14H,15H2/b14-9+. The molecule has 0 aliphatic carbocycles. The van der Waals surface area contributed by atoms with Gasteiger partial charge in [-0.25, -0.2) is 4.98 Å². The second-order valence-corrected chi connectivity index (χ2v) is 6.93. The van der Waals surface area contributed by atoms with E-state index in [4.69, 9.17) is 28.2 Å². The molecule has 4 heteroatoms. The molecule has 0 aliphatic rings. The lowest BCUT2D eigenvalue weighted by molar-refractivity contribution is 0.814. The van der Waals surface area contributed by atoms with Crippen molar-refractivity contribution in [2.24, 2.45) is 0 Å². The number of halogens is 2. The smallest absolute Gasteiger partial charge is 0.134 e. The van der Waals surface area contributed by atoms with Crippen molar-refractivity contribution in [3.63, 3.8) is 0 Å². The molecule has 0 radical (unpaired) electrons. The fourth-order valence-electron chi connectivity index (χ4n) is 2.90. The number of para-hydroxylation sites is 2. The van der Waals surface area contributed by atoms with Gasteiger partial charge in [-0.15, -0.1) is 0 Å². The molecule has 0 amide bonds. The van der Waals surface area contributed by atoms with Crippen LogP contribution in [-0.4, -0.2) is 9.55 Å². The summed E-state index contributed by atoms with van der Waals surface area (Å²) in [4.78, 5) is 4.78. The van der Waals surface area contributed by atoms with E-state index < -0.39 is 0 Å². The molecule has 4 rings (SSSR count). The van der Waals surface area contributed by atoms with E-state index in [-0.39, 0.29) is 0 Å². The normalized spacial score (nSPS) is 11.5. The zero-order chi connectivity index (χ0) is 17.9. The van der Waals surface area contributed by atoms with Gasteiger partial charge in [0.15, 0.2) is 0 Å². The maximum absolute atomic E-state index is 6.01. The van der Waals surface area contributed by atoms with Crippen LogP contribution in [0.25, 0.3) is 23.2 Å². The molecule has 4 aromatic rings. The SMILES string of the molecule is Clc1ccc(/C=C/c2nc3ccccc3n2Cc2ccc(Cl)cc2)cc1. The Morgan fingerprint density at radius 3 is 2.15 bits per heavy atom. The first-order valence-corrected chi connectivity index (χ1v) is 9.08. The van der Waals surface area contributed by atoms with Crippen LogP contribution in [0.4, 0.5) is 0 Å². The zero-order valence-electron chi connectivity index (χ0n) is 13.9. The molecule has 0 atom stereocenters. The number of imidazole rings is 1. The fourth-order valence-corrected chi connectivity index (χ4v) is 3.16. The first-order chi connectivity index (χ1) is 12.7. The molecule has 0 unspecified atom stereocenters. The van der Waals surface area contributed by atoms with Gasteiger partial charge in [0.05, 0.1) is 11.0 Å². The molecule has 0 N–H and O–H groups in total. The Balaban J connectivity index is 1.73. The highest BCUT2D eigenvalue weighted by molar-refractivity contribution is 6.30. The minimum Gasteiger partial charge on any atom is -0.320 e. The van der Waals surface area contributed by atoms with E-state index in [9.17, 15) is 0 Å².